The van der Waals surface area contributed by atoms with Gasteiger partial charge in [0, 0.05) is 18.8 Å². The van der Waals surface area contributed by atoms with E-state index in [-0.39, 0.29) is 11.6 Å². The minimum Gasteiger partial charge on any atom is -0.494 e. The van der Waals surface area contributed by atoms with Gasteiger partial charge in [-0.15, -0.1) is 0 Å². The van der Waals surface area contributed by atoms with E-state index in [0.29, 0.717) is 13.1 Å². The minimum absolute atomic E-state index is 0.266. The lowest BCUT2D eigenvalue weighted by molar-refractivity contribution is 0.386. The third-order valence-electron chi connectivity index (χ3n) is 2.85. The summed E-state index contributed by atoms with van der Waals surface area (Å²) in [5.41, 5.74) is 8.39. The van der Waals surface area contributed by atoms with Crippen molar-refractivity contribution in [3.05, 3.63) is 59.4 Å². The summed E-state index contributed by atoms with van der Waals surface area (Å²) in [6.45, 7) is 1.32. The molecule has 0 atom stereocenters. The van der Waals surface area contributed by atoms with Gasteiger partial charge in [0.1, 0.15) is 0 Å². The zero-order valence-electron chi connectivity index (χ0n) is 10.8. The highest BCUT2D eigenvalue weighted by atomic mass is 19.1. The minimum atomic E-state index is -0.339. The van der Waals surface area contributed by atoms with Crippen molar-refractivity contribution in [1.82, 2.24) is 5.32 Å². The Hall–Kier alpha value is -2.07. The third-order valence-corrected chi connectivity index (χ3v) is 2.85. The molecule has 0 spiro atoms. The lowest BCUT2D eigenvalue weighted by atomic mass is 10.2. The molecule has 0 saturated heterocycles. The Morgan fingerprint density at radius 3 is 2.32 bits per heavy atom. The van der Waals surface area contributed by atoms with Crippen LogP contribution in [0.3, 0.4) is 0 Å². The number of ether oxygens (including phenoxy) is 1. The van der Waals surface area contributed by atoms with E-state index in [2.05, 4.69) is 5.32 Å². The molecule has 2 aromatic rings. The monoisotopic (exact) mass is 260 g/mol. The molecule has 0 radical (unpaired) electrons. The summed E-state index contributed by atoms with van der Waals surface area (Å²) in [6, 6.07) is 12.6. The molecule has 19 heavy (non-hydrogen) atoms. The second-order valence-electron chi connectivity index (χ2n) is 4.31. The van der Waals surface area contributed by atoms with Crippen LogP contribution in [0.2, 0.25) is 0 Å². The van der Waals surface area contributed by atoms with Gasteiger partial charge in [-0.25, -0.2) is 4.39 Å². The maximum absolute atomic E-state index is 13.5. The molecule has 3 nitrogen and oxygen atoms in total. The summed E-state index contributed by atoms with van der Waals surface area (Å²) >= 11 is 0. The fourth-order valence-electron chi connectivity index (χ4n) is 1.81. The van der Waals surface area contributed by atoms with E-state index in [0.717, 1.165) is 16.8 Å². The van der Waals surface area contributed by atoms with Gasteiger partial charge >= 0.3 is 0 Å². The number of methoxy groups -OCH3 is 1. The first-order chi connectivity index (χ1) is 9.19. The Morgan fingerprint density at radius 1 is 1.05 bits per heavy atom. The second kappa shape index (κ2) is 6.20. The first kappa shape index (κ1) is 13.4. The molecule has 0 aliphatic rings. The van der Waals surface area contributed by atoms with Crippen molar-refractivity contribution in [3.63, 3.8) is 0 Å². The normalized spacial score (nSPS) is 10.4. The lowest BCUT2D eigenvalue weighted by Crippen LogP contribution is -2.12. The van der Waals surface area contributed by atoms with Gasteiger partial charge in [0.25, 0.3) is 0 Å². The zero-order chi connectivity index (χ0) is 13.7. The van der Waals surface area contributed by atoms with Crippen molar-refractivity contribution in [2.24, 2.45) is 0 Å². The number of nitrogens with two attached hydrogens (primary N) is 1. The van der Waals surface area contributed by atoms with Crippen LogP contribution in [-0.2, 0) is 13.1 Å². The number of hydrogen-bond donors (Lipinski definition) is 2. The van der Waals surface area contributed by atoms with Crippen LogP contribution in [-0.4, -0.2) is 7.11 Å². The molecule has 4 heteroatoms. The average Bonchev–Trinajstić information content (AvgIpc) is 2.41. The van der Waals surface area contributed by atoms with E-state index in [1.807, 2.05) is 30.3 Å². The zero-order valence-corrected chi connectivity index (χ0v) is 10.8. The van der Waals surface area contributed by atoms with Crippen molar-refractivity contribution >= 4 is 5.69 Å². The Morgan fingerprint density at radius 2 is 1.68 bits per heavy atom. The molecule has 0 bridgehead atoms. The maximum Gasteiger partial charge on any atom is 0.165 e. The smallest absolute Gasteiger partial charge is 0.165 e. The number of anilines is 1. The van der Waals surface area contributed by atoms with Crippen LogP contribution < -0.4 is 15.8 Å². The quantitative estimate of drug-likeness (QED) is 0.813. The Bertz CT molecular complexity index is 540. The molecule has 0 amide bonds. The first-order valence-corrected chi connectivity index (χ1v) is 6.06. The fourth-order valence-corrected chi connectivity index (χ4v) is 1.81. The Kier molecular flexibility index (Phi) is 4.36. The molecule has 0 aliphatic carbocycles. The topological polar surface area (TPSA) is 47.3 Å². The van der Waals surface area contributed by atoms with E-state index in [4.69, 9.17) is 10.5 Å². The molecule has 0 unspecified atom stereocenters. The van der Waals surface area contributed by atoms with Crippen molar-refractivity contribution < 1.29 is 9.13 Å². The summed E-state index contributed by atoms with van der Waals surface area (Å²) in [5, 5.41) is 3.25. The number of halogens is 1. The highest BCUT2D eigenvalue weighted by molar-refractivity contribution is 5.39. The summed E-state index contributed by atoms with van der Waals surface area (Å²) in [5.74, 6) is -0.0726. The van der Waals surface area contributed by atoms with E-state index in [9.17, 15) is 4.39 Å². The molecule has 2 rings (SSSR count). The molecule has 3 N–H and O–H groups in total. The number of nitrogens with one attached hydrogen (secondary N) is 1. The largest absolute Gasteiger partial charge is 0.494 e. The van der Waals surface area contributed by atoms with Crippen molar-refractivity contribution in [2.75, 3.05) is 12.8 Å². The molecule has 100 valence electrons. The number of hydrogen-bond acceptors (Lipinski definition) is 3. The molecule has 2 aromatic carbocycles. The molecule has 0 fully saturated rings. The fraction of sp³-hybridized carbons (Fsp3) is 0.200. The van der Waals surface area contributed by atoms with Crippen LogP contribution >= 0.6 is 0 Å². The highest BCUT2D eigenvalue weighted by Gasteiger charge is 2.03. The van der Waals surface area contributed by atoms with E-state index in [1.165, 1.54) is 13.2 Å². The standard InChI is InChI=1S/C15H17FN2O/c1-19-15-7-4-12(8-14(15)16)10-18-9-11-2-5-13(17)6-3-11/h2-8,18H,9-10,17H2,1H3. The first-order valence-electron chi connectivity index (χ1n) is 6.06. The van der Waals surface area contributed by atoms with Gasteiger partial charge < -0.3 is 15.8 Å². The Labute approximate surface area is 112 Å². The van der Waals surface area contributed by atoms with Gasteiger partial charge in [-0.3, -0.25) is 0 Å². The van der Waals surface area contributed by atoms with Crippen molar-refractivity contribution in [1.29, 1.82) is 0 Å². The van der Waals surface area contributed by atoms with Gasteiger partial charge in [0.15, 0.2) is 11.6 Å². The number of nitrogen functional groups attached to an aromatic ring is 1. The van der Waals surface area contributed by atoms with Gasteiger partial charge in [-0.2, -0.15) is 0 Å². The van der Waals surface area contributed by atoms with E-state index in [1.54, 1.807) is 6.07 Å². The van der Waals surface area contributed by atoms with Crippen molar-refractivity contribution in [3.8, 4) is 5.75 Å². The van der Waals surface area contributed by atoms with Crippen LogP contribution in [0.15, 0.2) is 42.5 Å². The second-order valence-corrected chi connectivity index (χ2v) is 4.31. The van der Waals surface area contributed by atoms with Crippen LogP contribution in [0.25, 0.3) is 0 Å². The summed E-state index contributed by atoms with van der Waals surface area (Å²) in [6.07, 6.45) is 0. The van der Waals surface area contributed by atoms with Gasteiger partial charge in [-0.1, -0.05) is 18.2 Å². The maximum atomic E-state index is 13.5. The summed E-state index contributed by atoms with van der Waals surface area (Å²) < 4.78 is 18.4. The van der Waals surface area contributed by atoms with Crippen LogP contribution in [0, 0.1) is 5.82 Å². The van der Waals surface area contributed by atoms with Crippen molar-refractivity contribution in [2.45, 2.75) is 13.1 Å². The molecule has 0 aliphatic heterocycles. The highest BCUT2D eigenvalue weighted by Crippen LogP contribution is 2.17. The van der Waals surface area contributed by atoms with E-state index >= 15 is 0 Å². The summed E-state index contributed by atoms with van der Waals surface area (Å²) in [4.78, 5) is 0. The van der Waals surface area contributed by atoms with Gasteiger partial charge in [-0.05, 0) is 35.4 Å². The van der Waals surface area contributed by atoms with Crippen LogP contribution in [0.1, 0.15) is 11.1 Å². The summed E-state index contributed by atoms with van der Waals surface area (Å²) in [7, 11) is 1.46. The van der Waals surface area contributed by atoms with Gasteiger partial charge in [0.2, 0.25) is 0 Å². The lowest BCUT2D eigenvalue weighted by Gasteiger charge is -2.07. The number of benzene rings is 2. The third kappa shape index (κ3) is 3.69. The van der Waals surface area contributed by atoms with Gasteiger partial charge in [0.05, 0.1) is 7.11 Å². The van der Waals surface area contributed by atoms with Crippen LogP contribution in [0.5, 0.6) is 5.75 Å². The predicted molar refractivity (Wildman–Crippen MR) is 74.4 cm³/mol. The Balaban J connectivity index is 1.88. The SMILES string of the molecule is COc1ccc(CNCc2ccc(N)cc2)cc1F. The number of rotatable bonds is 5. The molecule has 0 heterocycles. The molecule has 0 saturated carbocycles. The predicted octanol–water partition coefficient (Wildman–Crippen LogP) is 2.71. The average molecular weight is 260 g/mol. The van der Waals surface area contributed by atoms with Crippen LogP contribution in [0.4, 0.5) is 10.1 Å². The molecule has 0 aromatic heterocycles. The van der Waals surface area contributed by atoms with E-state index < -0.39 is 0 Å². The molecular formula is C15H17FN2O. The molecular weight excluding hydrogens is 243 g/mol.